The summed E-state index contributed by atoms with van der Waals surface area (Å²) in [5.41, 5.74) is 2.14. The van der Waals surface area contributed by atoms with Gasteiger partial charge >= 0.3 is 5.97 Å². The fourth-order valence-electron chi connectivity index (χ4n) is 3.05. The van der Waals surface area contributed by atoms with Gasteiger partial charge in [0.2, 0.25) is 0 Å². The Morgan fingerprint density at radius 1 is 1.22 bits per heavy atom. The summed E-state index contributed by atoms with van der Waals surface area (Å²) in [6.07, 6.45) is 3.01. The Labute approximate surface area is 172 Å². The molecule has 1 aromatic heterocycles. The minimum atomic E-state index is -1.01. The Kier molecular flexibility index (Phi) is 6.25. The zero-order chi connectivity index (χ0) is 19.6. The molecule has 142 valence electrons. The molecule has 0 bridgehead atoms. The molecule has 0 fully saturated rings. The van der Waals surface area contributed by atoms with Gasteiger partial charge in [0.25, 0.3) is 5.91 Å². The molecule has 0 saturated heterocycles. The quantitative estimate of drug-likeness (QED) is 0.713. The summed E-state index contributed by atoms with van der Waals surface area (Å²) in [4.78, 5) is 28.6. The van der Waals surface area contributed by atoms with Crippen LogP contribution >= 0.6 is 34.8 Å². The van der Waals surface area contributed by atoms with Crippen LogP contribution in [0.4, 0.5) is 0 Å². The number of hydrogen-bond donors (Lipinski definition) is 1. The lowest BCUT2D eigenvalue weighted by molar-refractivity contribution is -0.130. The van der Waals surface area contributed by atoms with E-state index in [1.54, 1.807) is 0 Å². The van der Waals surface area contributed by atoms with Gasteiger partial charge in [-0.05, 0) is 37.3 Å². The number of amides is 1. The number of pyridine rings is 1. The molecule has 5 nitrogen and oxygen atoms in total. The molecule has 1 N–H and O–H groups in total. The van der Waals surface area contributed by atoms with E-state index in [9.17, 15) is 9.59 Å². The number of rotatable bonds is 4. The molecule has 1 aliphatic rings. The highest BCUT2D eigenvalue weighted by atomic mass is 35.5. The van der Waals surface area contributed by atoms with Crippen LogP contribution in [0.5, 0.6) is 0 Å². The van der Waals surface area contributed by atoms with Gasteiger partial charge in [0, 0.05) is 6.20 Å². The third-order valence-electron chi connectivity index (χ3n) is 4.45. The van der Waals surface area contributed by atoms with E-state index in [2.05, 4.69) is 16.4 Å². The first-order valence-corrected chi connectivity index (χ1v) is 9.60. The molecule has 2 atom stereocenters. The summed E-state index contributed by atoms with van der Waals surface area (Å²) in [5, 5.41) is 2.98. The van der Waals surface area contributed by atoms with E-state index in [0.717, 1.165) is 24.8 Å². The molecule has 0 spiro atoms. The Bertz CT molecular complexity index is 888. The maximum Gasteiger partial charge on any atom is 0.359 e. The molecule has 8 heteroatoms. The molecule has 1 aromatic carbocycles. The average molecular weight is 428 g/mol. The van der Waals surface area contributed by atoms with Gasteiger partial charge in [-0.15, -0.1) is 0 Å². The predicted octanol–water partition coefficient (Wildman–Crippen LogP) is 4.78. The number of aromatic nitrogens is 1. The van der Waals surface area contributed by atoms with Gasteiger partial charge in [0.1, 0.15) is 0 Å². The van der Waals surface area contributed by atoms with E-state index in [-0.39, 0.29) is 32.7 Å². The second-order valence-corrected chi connectivity index (χ2v) is 7.45. The molecule has 2 unspecified atom stereocenters. The summed E-state index contributed by atoms with van der Waals surface area (Å²) >= 11 is 17.7. The molecule has 0 radical (unpaired) electrons. The number of halogens is 3. The number of nitrogens with zero attached hydrogens (tertiary/aromatic N) is 1. The number of fused-ring (bicyclic) bond motifs is 1. The largest absolute Gasteiger partial charge is 0.448 e. The standard InChI is InChI=1S/C19H17Cl3N2O3/c1-10(27-19(26)17-16(22)15(21)13(20)9-23-17)18(25)24-14-8-4-6-11-5-2-3-7-12(11)14/h2-3,5,7,9-10,14H,4,6,8H2,1H3,(H,24,25). The molecule has 0 aliphatic heterocycles. The summed E-state index contributed by atoms with van der Waals surface area (Å²) in [6, 6.07) is 7.91. The first-order chi connectivity index (χ1) is 12.9. The second-order valence-electron chi connectivity index (χ2n) is 6.28. The number of esters is 1. The Morgan fingerprint density at radius 2 is 1.96 bits per heavy atom. The molecule has 2 aromatic rings. The van der Waals surface area contributed by atoms with Crippen LogP contribution in [0.25, 0.3) is 0 Å². The van der Waals surface area contributed by atoms with Crippen molar-refractivity contribution in [2.45, 2.75) is 38.3 Å². The van der Waals surface area contributed by atoms with Crippen molar-refractivity contribution in [3.05, 3.63) is 62.4 Å². The fourth-order valence-corrected chi connectivity index (χ4v) is 3.61. The minimum Gasteiger partial charge on any atom is -0.448 e. The summed E-state index contributed by atoms with van der Waals surface area (Å²) in [7, 11) is 0. The topological polar surface area (TPSA) is 68.3 Å². The van der Waals surface area contributed by atoms with Crippen molar-refractivity contribution < 1.29 is 14.3 Å². The molecule has 1 heterocycles. The van der Waals surface area contributed by atoms with E-state index in [1.165, 1.54) is 18.7 Å². The van der Waals surface area contributed by atoms with Crippen LogP contribution in [0.2, 0.25) is 15.1 Å². The number of nitrogens with one attached hydrogen (secondary N) is 1. The highest BCUT2D eigenvalue weighted by molar-refractivity contribution is 6.48. The Balaban J connectivity index is 1.67. The van der Waals surface area contributed by atoms with Gasteiger partial charge in [0.15, 0.2) is 11.8 Å². The summed E-state index contributed by atoms with van der Waals surface area (Å²) in [6.45, 7) is 1.49. The van der Waals surface area contributed by atoms with Crippen LogP contribution in [-0.2, 0) is 16.0 Å². The monoisotopic (exact) mass is 426 g/mol. The van der Waals surface area contributed by atoms with Gasteiger partial charge in [0.05, 0.1) is 21.1 Å². The Hall–Kier alpha value is -1.82. The summed E-state index contributed by atoms with van der Waals surface area (Å²) in [5.74, 6) is -1.23. The van der Waals surface area contributed by atoms with Gasteiger partial charge < -0.3 is 10.1 Å². The van der Waals surface area contributed by atoms with E-state index in [0.29, 0.717) is 0 Å². The molecule has 0 saturated carbocycles. The van der Waals surface area contributed by atoms with Crippen LogP contribution in [0.3, 0.4) is 0 Å². The van der Waals surface area contributed by atoms with E-state index in [4.69, 9.17) is 39.5 Å². The Morgan fingerprint density at radius 3 is 2.74 bits per heavy atom. The number of hydrogen-bond acceptors (Lipinski definition) is 4. The third kappa shape index (κ3) is 4.37. The molecule has 27 heavy (non-hydrogen) atoms. The van der Waals surface area contributed by atoms with Gasteiger partial charge in [-0.25, -0.2) is 9.78 Å². The van der Waals surface area contributed by atoms with Crippen molar-refractivity contribution in [2.75, 3.05) is 0 Å². The number of benzene rings is 1. The third-order valence-corrected chi connectivity index (χ3v) is 5.69. The smallest absolute Gasteiger partial charge is 0.359 e. The van der Waals surface area contributed by atoms with E-state index in [1.807, 2.05) is 18.2 Å². The van der Waals surface area contributed by atoms with E-state index < -0.39 is 12.1 Å². The minimum absolute atomic E-state index is 0.0104. The zero-order valence-electron chi connectivity index (χ0n) is 14.5. The molecular weight excluding hydrogens is 411 g/mol. The zero-order valence-corrected chi connectivity index (χ0v) is 16.7. The van der Waals surface area contributed by atoms with Crippen LogP contribution in [0.15, 0.2) is 30.5 Å². The number of carbonyl (C=O) groups is 2. The van der Waals surface area contributed by atoms with Crippen molar-refractivity contribution >= 4 is 46.7 Å². The molecule has 1 aliphatic carbocycles. The number of carbonyl (C=O) groups excluding carboxylic acids is 2. The normalized spacial score (nSPS) is 17.0. The van der Waals surface area contributed by atoms with Crippen LogP contribution < -0.4 is 5.32 Å². The van der Waals surface area contributed by atoms with Crippen molar-refractivity contribution in [3.63, 3.8) is 0 Å². The molecule has 1 amide bonds. The van der Waals surface area contributed by atoms with Crippen LogP contribution in [0.1, 0.15) is 47.4 Å². The SMILES string of the molecule is CC(OC(=O)c1ncc(Cl)c(Cl)c1Cl)C(=O)NC1CCCc2ccccc21. The average Bonchev–Trinajstić information content (AvgIpc) is 2.66. The lowest BCUT2D eigenvalue weighted by Gasteiger charge is -2.27. The first kappa shape index (κ1) is 19.9. The van der Waals surface area contributed by atoms with Crippen molar-refractivity contribution in [2.24, 2.45) is 0 Å². The lowest BCUT2D eigenvalue weighted by atomic mass is 9.87. The predicted molar refractivity (Wildman–Crippen MR) is 104 cm³/mol. The highest BCUT2D eigenvalue weighted by Crippen LogP contribution is 2.32. The van der Waals surface area contributed by atoms with Gasteiger partial charge in [-0.2, -0.15) is 0 Å². The maximum absolute atomic E-state index is 12.5. The number of ether oxygens (including phenoxy) is 1. The van der Waals surface area contributed by atoms with Crippen molar-refractivity contribution in [1.82, 2.24) is 10.3 Å². The van der Waals surface area contributed by atoms with Crippen molar-refractivity contribution in [3.8, 4) is 0 Å². The first-order valence-electron chi connectivity index (χ1n) is 8.47. The molecular formula is C19H17Cl3N2O3. The van der Waals surface area contributed by atoms with Crippen LogP contribution in [-0.4, -0.2) is 23.0 Å². The van der Waals surface area contributed by atoms with Crippen LogP contribution in [0, 0.1) is 0 Å². The van der Waals surface area contributed by atoms with Gasteiger partial charge in [-0.3, -0.25) is 4.79 Å². The molecule has 3 rings (SSSR count). The van der Waals surface area contributed by atoms with Gasteiger partial charge in [-0.1, -0.05) is 59.1 Å². The summed E-state index contributed by atoms with van der Waals surface area (Å²) < 4.78 is 5.20. The van der Waals surface area contributed by atoms with E-state index >= 15 is 0 Å². The highest BCUT2D eigenvalue weighted by Gasteiger charge is 2.27. The second kappa shape index (κ2) is 8.46. The fraction of sp³-hybridized carbons (Fsp3) is 0.316. The number of aryl methyl sites for hydroxylation is 1. The lowest BCUT2D eigenvalue weighted by Crippen LogP contribution is -2.39. The van der Waals surface area contributed by atoms with Crippen molar-refractivity contribution in [1.29, 1.82) is 0 Å². The maximum atomic E-state index is 12.5.